The molecule has 3 aliphatic heterocycles. The van der Waals surface area contributed by atoms with Gasteiger partial charge in [0.15, 0.2) is 12.0 Å². The average molecular weight is 554 g/mol. The monoisotopic (exact) mass is 553 g/mol. The molecule has 8 nitrogen and oxygen atoms in total. The third kappa shape index (κ3) is 4.61. The van der Waals surface area contributed by atoms with Crippen LogP contribution in [0.15, 0.2) is 75.9 Å². The van der Waals surface area contributed by atoms with Crippen LogP contribution < -0.4 is 4.90 Å². The number of halogens is 1. The lowest BCUT2D eigenvalue weighted by molar-refractivity contribution is -0.133. The van der Waals surface area contributed by atoms with E-state index >= 15 is 0 Å². The molecule has 1 spiro atoms. The minimum Gasteiger partial charge on any atom is -0.339 e. The van der Waals surface area contributed by atoms with Gasteiger partial charge in [-0.25, -0.2) is 9.38 Å². The molecule has 4 aliphatic rings. The minimum atomic E-state index is -0.637. The van der Waals surface area contributed by atoms with Gasteiger partial charge >= 0.3 is 0 Å². The molecule has 2 saturated heterocycles. The summed E-state index contributed by atoms with van der Waals surface area (Å²) < 4.78 is 13.9. The third-order valence-electron chi connectivity index (χ3n) is 9.23. The molecule has 0 bridgehead atoms. The molecule has 0 aromatic heterocycles. The Morgan fingerprint density at radius 2 is 1.78 bits per heavy atom. The van der Waals surface area contributed by atoms with E-state index in [2.05, 4.69) is 61.4 Å². The Labute approximate surface area is 240 Å². The summed E-state index contributed by atoms with van der Waals surface area (Å²) in [6, 6.07) is 20.2. The molecular formula is C32H36FN7O. The maximum atomic E-state index is 14.2. The number of likely N-dealkylation sites (tertiary alicyclic amines) is 1. The first-order valence-electron chi connectivity index (χ1n) is 14.6. The Kier molecular flexibility index (Phi) is 6.59. The van der Waals surface area contributed by atoms with Crippen molar-refractivity contribution in [2.24, 2.45) is 15.2 Å². The zero-order valence-electron chi connectivity index (χ0n) is 23.7. The number of azo groups is 1. The molecule has 1 amide bonds. The number of piperidine rings is 1. The van der Waals surface area contributed by atoms with Crippen LogP contribution in [0.25, 0.3) is 10.8 Å². The number of anilines is 1. The van der Waals surface area contributed by atoms with Crippen LogP contribution in [0.4, 0.5) is 10.1 Å². The Balaban J connectivity index is 1.10. The number of hydrogen-bond acceptors (Lipinski definition) is 7. The van der Waals surface area contributed by atoms with Crippen molar-refractivity contribution < 1.29 is 9.18 Å². The van der Waals surface area contributed by atoms with E-state index in [1.54, 1.807) is 12.1 Å². The zero-order valence-corrected chi connectivity index (χ0v) is 23.7. The first-order valence-corrected chi connectivity index (χ1v) is 14.6. The van der Waals surface area contributed by atoms with E-state index in [4.69, 9.17) is 0 Å². The van der Waals surface area contributed by atoms with Crippen LogP contribution in [0.3, 0.4) is 0 Å². The Hall–Kier alpha value is -3.69. The van der Waals surface area contributed by atoms with Crippen molar-refractivity contribution in [3.63, 3.8) is 0 Å². The molecule has 212 valence electrons. The molecule has 9 heteroatoms. The van der Waals surface area contributed by atoms with Gasteiger partial charge in [0.05, 0.1) is 13.2 Å². The molecule has 3 aromatic rings. The number of aliphatic imine (C=N–C) groups is 1. The molecule has 0 radical (unpaired) electrons. The summed E-state index contributed by atoms with van der Waals surface area (Å²) in [6.07, 6.45) is 2.86. The van der Waals surface area contributed by atoms with Gasteiger partial charge in [-0.05, 0) is 79.5 Å². The smallest absolute Gasteiger partial charge is 0.250 e. The second kappa shape index (κ2) is 10.3. The second-order valence-corrected chi connectivity index (χ2v) is 12.0. The van der Waals surface area contributed by atoms with Gasteiger partial charge in [0, 0.05) is 37.8 Å². The van der Waals surface area contributed by atoms with Crippen molar-refractivity contribution in [2.45, 2.75) is 43.4 Å². The highest BCUT2D eigenvalue weighted by Gasteiger charge is 2.54. The number of carbonyl (C=O) groups excluding carboxylic acids is 1. The van der Waals surface area contributed by atoms with Crippen LogP contribution >= 0.6 is 0 Å². The standard InChI is InChI=1S/C32H36FN7O/c1-37(2)20-29-34-28(35-36-29)13-16-39-21-40(25-11-9-24(33)10-12-25)32(31(39)41)14-17-38(18-15-32)27-19-23-7-3-5-22-6-4-8-26(27)30(22)23/h3-12,27-28H,13-21H2,1-2H3/t27-,28?/m0/s1. The predicted octanol–water partition coefficient (Wildman–Crippen LogP) is 4.86. The first kappa shape index (κ1) is 26.2. The number of nitrogens with zero attached hydrogens (tertiary/aromatic N) is 7. The van der Waals surface area contributed by atoms with E-state index in [9.17, 15) is 9.18 Å². The van der Waals surface area contributed by atoms with Gasteiger partial charge < -0.3 is 14.7 Å². The summed E-state index contributed by atoms with van der Waals surface area (Å²) in [7, 11) is 3.96. The number of rotatable bonds is 7. The maximum Gasteiger partial charge on any atom is 0.250 e. The van der Waals surface area contributed by atoms with Crippen molar-refractivity contribution in [3.8, 4) is 0 Å². The van der Waals surface area contributed by atoms with Gasteiger partial charge in [-0.3, -0.25) is 9.69 Å². The highest BCUT2D eigenvalue weighted by atomic mass is 19.1. The molecule has 1 aliphatic carbocycles. The molecule has 3 heterocycles. The summed E-state index contributed by atoms with van der Waals surface area (Å²) in [4.78, 5) is 27.6. The molecule has 7 rings (SSSR count). The van der Waals surface area contributed by atoms with Crippen LogP contribution in [0.1, 0.15) is 36.4 Å². The molecule has 41 heavy (non-hydrogen) atoms. The average Bonchev–Trinajstić information content (AvgIpc) is 3.65. The van der Waals surface area contributed by atoms with Gasteiger partial charge in [-0.2, -0.15) is 5.11 Å². The quantitative estimate of drug-likeness (QED) is 0.419. The van der Waals surface area contributed by atoms with Crippen LogP contribution in [0.2, 0.25) is 0 Å². The van der Waals surface area contributed by atoms with E-state index in [1.807, 2.05) is 23.9 Å². The van der Waals surface area contributed by atoms with E-state index < -0.39 is 5.54 Å². The first-order chi connectivity index (χ1) is 19.9. The number of carbonyl (C=O) groups is 1. The SMILES string of the molecule is CN(C)CC1=NC(CCN2CN(c3ccc(F)cc3)C3(CCN([C@H]4Cc5cccc6cccc4c56)CC3)C2=O)N=N1. The number of benzene rings is 3. The Morgan fingerprint density at radius 1 is 1.02 bits per heavy atom. The predicted molar refractivity (Wildman–Crippen MR) is 159 cm³/mol. The normalized spacial score (nSPS) is 23.5. The van der Waals surface area contributed by atoms with Crippen molar-refractivity contribution in [1.82, 2.24) is 14.7 Å². The number of likely N-dealkylation sites (N-methyl/N-ethyl adjacent to an activating group) is 1. The number of amides is 1. The van der Waals surface area contributed by atoms with E-state index in [0.29, 0.717) is 32.2 Å². The molecule has 1 unspecified atom stereocenters. The van der Waals surface area contributed by atoms with Crippen molar-refractivity contribution >= 4 is 28.2 Å². The van der Waals surface area contributed by atoms with Crippen LogP contribution in [0.5, 0.6) is 0 Å². The van der Waals surface area contributed by atoms with Crippen LogP contribution in [-0.4, -0.2) is 85.1 Å². The lowest BCUT2D eigenvalue weighted by atomic mass is 9.84. The molecule has 0 N–H and O–H groups in total. The fourth-order valence-electron chi connectivity index (χ4n) is 7.24. The van der Waals surface area contributed by atoms with Crippen LogP contribution in [-0.2, 0) is 11.2 Å². The van der Waals surface area contributed by atoms with Gasteiger partial charge in [-0.15, -0.1) is 5.11 Å². The zero-order chi connectivity index (χ0) is 28.1. The summed E-state index contributed by atoms with van der Waals surface area (Å²) >= 11 is 0. The van der Waals surface area contributed by atoms with E-state index in [-0.39, 0.29) is 17.9 Å². The molecule has 0 saturated carbocycles. The lowest BCUT2D eigenvalue weighted by Gasteiger charge is -2.45. The topological polar surface area (TPSA) is 67.1 Å². The maximum absolute atomic E-state index is 14.2. The van der Waals surface area contributed by atoms with Crippen LogP contribution in [0, 0.1) is 5.82 Å². The summed E-state index contributed by atoms with van der Waals surface area (Å²) in [5, 5.41) is 11.3. The highest BCUT2D eigenvalue weighted by Crippen LogP contribution is 2.45. The molecule has 2 atom stereocenters. The minimum absolute atomic E-state index is 0.158. The van der Waals surface area contributed by atoms with Gasteiger partial charge in [-0.1, -0.05) is 36.4 Å². The largest absolute Gasteiger partial charge is 0.339 e. The van der Waals surface area contributed by atoms with Crippen molar-refractivity contribution in [3.05, 3.63) is 77.6 Å². The number of amidine groups is 1. The Bertz CT molecular complexity index is 1520. The van der Waals surface area contributed by atoms with Gasteiger partial charge in [0.1, 0.15) is 11.4 Å². The van der Waals surface area contributed by atoms with Gasteiger partial charge in [0.25, 0.3) is 0 Å². The Morgan fingerprint density at radius 3 is 2.54 bits per heavy atom. The summed E-state index contributed by atoms with van der Waals surface area (Å²) in [5.41, 5.74) is 3.08. The fourth-order valence-corrected chi connectivity index (χ4v) is 7.24. The fraction of sp³-hybridized carbons (Fsp3) is 0.438. The summed E-state index contributed by atoms with van der Waals surface area (Å²) in [6.45, 7) is 3.37. The van der Waals surface area contributed by atoms with E-state index in [0.717, 1.165) is 43.9 Å². The molecular weight excluding hydrogens is 517 g/mol. The molecule has 2 fully saturated rings. The van der Waals surface area contributed by atoms with Crippen molar-refractivity contribution in [2.75, 3.05) is 51.8 Å². The third-order valence-corrected chi connectivity index (χ3v) is 9.23. The highest BCUT2D eigenvalue weighted by molar-refractivity contribution is 5.94. The lowest BCUT2D eigenvalue weighted by Crippen LogP contribution is -2.57. The van der Waals surface area contributed by atoms with Gasteiger partial charge in [0.2, 0.25) is 5.91 Å². The van der Waals surface area contributed by atoms with Crippen molar-refractivity contribution in [1.29, 1.82) is 0 Å². The number of hydrogen-bond donors (Lipinski definition) is 0. The second-order valence-electron chi connectivity index (χ2n) is 12.0. The molecule has 3 aromatic carbocycles. The summed E-state index contributed by atoms with van der Waals surface area (Å²) in [5.74, 6) is 0.618. The van der Waals surface area contributed by atoms with E-state index in [1.165, 1.54) is 34.0 Å².